The predicted octanol–water partition coefficient (Wildman–Crippen LogP) is -2.05. The van der Waals surface area contributed by atoms with E-state index >= 15 is 0 Å². The topological polar surface area (TPSA) is 0 Å². The molecule has 0 fully saturated rings. The molecule has 2 rings (SSSR count). The summed E-state index contributed by atoms with van der Waals surface area (Å²) in [4.78, 5) is 0. The van der Waals surface area contributed by atoms with Gasteiger partial charge in [0.1, 0.15) is 0 Å². The van der Waals surface area contributed by atoms with Crippen molar-refractivity contribution in [2.75, 3.05) is 0 Å². The molecule has 0 aliphatic rings. The number of aryl methyl sites for hydroxylation is 2. The molecular formula is C14H21F2SiZr. The van der Waals surface area contributed by atoms with Crippen molar-refractivity contribution >= 4 is 9.52 Å². The van der Waals surface area contributed by atoms with Gasteiger partial charge in [-0.1, -0.05) is 26.9 Å². The molecule has 0 unspecified atom stereocenters. The molecule has 0 nitrogen and oxygen atoms in total. The normalized spacial score (nSPS) is 6.89. The van der Waals surface area contributed by atoms with E-state index in [4.69, 9.17) is 0 Å². The third kappa shape index (κ3) is 18.0. The van der Waals surface area contributed by atoms with Gasteiger partial charge in [0.05, 0.1) is 0 Å². The maximum absolute atomic E-state index is 2.21. The van der Waals surface area contributed by atoms with Gasteiger partial charge in [0, 0.05) is 9.52 Å². The smallest absolute Gasteiger partial charge is 1.00 e. The van der Waals surface area contributed by atoms with Crippen molar-refractivity contribution in [3.63, 3.8) is 0 Å². The van der Waals surface area contributed by atoms with Gasteiger partial charge in [0.15, 0.2) is 0 Å². The molecule has 0 bridgehead atoms. The molecule has 99 valence electrons. The van der Waals surface area contributed by atoms with Gasteiger partial charge in [-0.2, -0.15) is 35.4 Å². The average Bonchev–Trinajstić information content (AvgIpc) is 2.81. The number of halogens is 2. The summed E-state index contributed by atoms with van der Waals surface area (Å²) in [5.74, 6) is 0. The summed E-state index contributed by atoms with van der Waals surface area (Å²) >= 11 is 0. The maximum atomic E-state index is 2.21. The van der Waals surface area contributed by atoms with Crippen LogP contribution < -0.4 is 9.41 Å². The second-order valence-electron chi connectivity index (χ2n) is 3.50. The summed E-state index contributed by atoms with van der Waals surface area (Å²) in [5.41, 5.74) is 2.69. The predicted molar refractivity (Wildman–Crippen MR) is 72.4 cm³/mol. The van der Waals surface area contributed by atoms with E-state index in [1.165, 1.54) is 11.1 Å². The van der Waals surface area contributed by atoms with Crippen LogP contribution >= 0.6 is 0 Å². The van der Waals surface area contributed by atoms with Crippen molar-refractivity contribution < 1.29 is 35.6 Å². The summed E-state index contributed by atoms with van der Waals surface area (Å²) in [6.45, 7) is 8.58. The van der Waals surface area contributed by atoms with Crippen molar-refractivity contribution in [3.8, 4) is 0 Å². The largest absolute Gasteiger partial charge is 4.00 e. The van der Waals surface area contributed by atoms with Crippen LogP contribution in [0.15, 0.2) is 48.5 Å². The summed E-state index contributed by atoms with van der Waals surface area (Å²) in [7, 11) is 0.750. The van der Waals surface area contributed by atoms with Crippen LogP contribution in [-0.4, -0.2) is 9.52 Å². The molecule has 1 radical (unpaired) electrons. The molecule has 0 N–H and O–H groups in total. The van der Waals surface area contributed by atoms with Gasteiger partial charge < -0.3 is 9.41 Å². The van der Waals surface area contributed by atoms with E-state index < -0.39 is 0 Å². The Labute approximate surface area is 131 Å². The molecule has 4 heteroatoms. The Morgan fingerprint density at radius 2 is 0.833 bits per heavy atom. The minimum atomic E-state index is 0. The standard InChI is InChI=1S/2C6H7.C2H7Si.2FH.Zr/c2*1-6-4-2-3-5-6;1-3-2;;;/h2*2-5H,1H3;3H,1-2H3;2*1H;/q2*-1;;;;+4/p-2. The number of hydrogen-bond acceptors (Lipinski definition) is 0. The Hall–Kier alpha value is -0.340. The van der Waals surface area contributed by atoms with E-state index in [0.29, 0.717) is 0 Å². The van der Waals surface area contributed by atoms with Crippen molar-refractivity contribution in [1.29, 1.82) is 0 Å². The average molecular weight is 347 g/mol. The van der Waals surface area contributed by atoms with Gasteiger partial charge in [-0.25, -0.2) is 24.3 Å². The minimum Gasteiger partial charge on any atom is -1.00 e. The minimum absolute atomic E-state index is 0. The van der Waals surface area contributed by atoms with E-state index in [1.54, 1.807) is 0 Å². The van der Waals surface area contributed by atoms with Crippen molar-refractivity contribution in [2.24, 2.45) is 0 Å². The third-order valence-corrected chi connectivity index (χ3v) is 1.66. The van der Waals surface area contributed by atoms with Crippen molar-refractivity contribution in [2.45, 2.75) is 26.9 Å². The van der Waals surface area contributed by atoms with Gasteiger partial charge in [0.25, 0.3) is 0 Å². The van der Waals surface area contributed by atoms with E-state index in [0.717, 1.165) is 9.52 Å². The molecule has 0 aliphatic carbocycles. The van der Waals surface area contributed by atoms with Gasteiger partial charge in [-0.15, -0.1) is 0 Å². The van der Waals surface area contributed by atoms with E-state index in [1.807, 2.05) is 24.3 Å². The first kappa shape index (κ1) is 26.3. The second kappa shape index (κ2) is 19.0. The molecule has 0 spiro atoms. The van der Waals surface area contributed by atoms with Crippen molar-refractivity contribution in [3.05, 3.63) is 59.7 Å². The van der Waals surface area contributed by atoms with Crippen LogP contribution in [0, 0.1) is 13.8 Å². The summed E-state index contributed by atoms with van der Waals surface area (Å²) in [5, 5.41) is 0. The van der Waals surface area contributed by atoms with Gasteiger partial charge in [-0.3, -0.25) is 0 Å². The Morgan fingerprint density at radius 1 is 0.667 bits per heavy atom. The Bertz CT molecular complexity index is 272. The number of hydrogen-bond donors (Lipinski definition) is 0. The zero-order valence-corrected chi connectivity index (χ0v) is 15.1. The SMILES string of the molecule is C[SiH]C.C[c-]1cccc1.C[c-]1cccc1.[F-].[F-].[Zr+4]. The van der Waals surface area contributed by atoms with Gasteiger partial charge in [-0.05, 0) is 0 Å². The molecule has 0 heterocycles. The van der Waals surface area contributed by atoms with Crippen LogP contribution in [-0.2, 0) is 26.2 Å². The van der Waals surface area contributed by atoms with Crippen LogP contribution in [0.3, 0.4) is 0 Å². The fourth-order valence-electron chi connectivity index (χ4n) is 0.940. The summed E-state index contributed by atoms with van der Waals surface area (Å²) in [6.07, 6.45) is 0. The summed E-state index contributed by atoms with van der Waals surface area (Å²) in [6, 6.07) is 16.5. The quantitative estimate of drug-likeness (QED) is 0.381. The van der Waals surface area contributed by atoms with Crippen LogP contribution in [0.5, 0.6) is 0 Å². The molecule has 2 aromatic rings. The fourth-order valence-corrected chi connectivity index (χ4v) is 0.940. The monoisotopic (exact) mass is 345 g/mol. The molecule has 2 aromatic carbocycles. The first-order valence-electron chi connectivity index (χ1n) is 5.31. The summed E-state index contributed by atoms with van der Waals surface area (Å²) < 4.78 is 0. The van der Waals surface area contributed by atoms with Crippen LogP contribution in [0.2, 0.25) is 13.1 Å². The molecule has 0 aliphatic heterocycles. The van der Waals surface area contributed by atoms with Gasteiger partial charge >= 0.3 is 26.2 Å². The first-order valence-corrected chi connectivity index (χ1v) is 7.62. The molecular weight excluding hydrogens is 325 g/mol. The van der Waals surface area contributed by atoms with Crippen molar-refractivity contribution in [1.82, 2.24) is 0 Å². The first-order chi connectivity index (χ1) is 7.20. The van der Waals surface area contributed by atoms with Crippen LogP contribution in [0.25, 0.3) is 0 Å². The van der Waals surface area contributed by atoms with Crippen LogP contribution in [0.4, 0.5) is 0 Å². The zero-order valence-electron chi connectivity index (χ0n) is 11.5. The second-order valence-corrected chi connectivity index (χ2v) is 4.66. The molecule has 18 heavy (non-hydrogen) atoms. The Kier molecular flexibility index (Phi) is 27.7. The van der Waals surface area contributed by atoms with Gasteiger partial charge in [0.2, 0.25) is 0 Å². The molecule has 0 amide bonds. The van der Waals surface area contributed by atoms with E-state index in [2.05, 4.69) is 51.2 Å². The Balaban J connectivity index is -0.0000000793. The zero-order chi connectivity index (χ0) is 11.5. The fraction of sp³-hybridized carbons (Fsp3) is 0.286. The molecule has 0 atom stereocenters. The maximum Gasteiger partial charge on any atom is 4.00 e. The molecule has 0 saturated carbocycles. The van der Waals surface area contributed by atoms with E-state index in [-0.39, 0.29) is 35.6 Å². The molecule has 0 aromatic heterocycles. The molecule has 0 saturated heterocycles. The number of rotatable bonds is 0. The third-order valence-electron chi connectivity index (χ3n) is 1.66. The van der Waals surface area contributed by atoms with E-state index in [9.17, 15) is 0 Å². The van der Waals surface area contributed by atoms with Crippen LogP contribution in [0.1, 0.15) is 11.1 Å². The Morgan fingerprint density at radius 3 is 0.889 bits per heavy atom.